The fourth-order valence-corrected chi connectivity index (χ4v) is 5.39. The average molecular weight is 769 g/mol. The highest BCUT2D eigenvalue weighted by atomic mass is 19.4. The van der Waals surface area contributed by atoms with E-state index in [0.29, 0.717) is 56.6 Å². The van der Waals surface area contributed by atoms with Gasteiger partial charge in [-0.25, -0.2) is 18.4 Å². The number of benzene rings is 2. The van der Waals surface area contributed by atoms with Crippen LogP contribution in [-0.4, -0.2) is 94.2 Å². The Morgan fingerprint density at radius 3 is 1.92 bits per heavy atom. The van der Waals surface area contributed by atoms with E-state index in [2.05, 4.69) is 15.6 Å². The Bertz CT molecular complexity index is 1690. The number of aromatic amines is 1. The third kappa shape index (κ3) is 15.8. The Morgan fingerprint density at radius 1 is 0.774 bits per heavy atom. The minimum absolute atomic E-state index is 0.0525. The summed E-state index contributed by atoms with van der Waals surface area (Å²) < 4.78 is 90.6. The zero-order valence-electron chi connectivity index (χ0n) is 28.3. The third-order valence-electron chi connectivity index (χ3n) is 7.98. The van der Waals surface area contributed by atoms with Crippen molar-refractivity contribution in [3.8, 4) is 5.75 Å². The maximum Gasteiger partial charge on any atom is 0.490 e. The molecule has 3 aromatic rings. The number of rotatable bonds is 13. The topological polar surface area (TPSA) is 172 Å². The fraction of sp³-hybridized carbons (Fsp3) is 0.471. The average Bonchev–Trinajstić information content (AvgIpc) is 3.08. The quantitative estimate of drug-likeness (QED) is 0.0999. The van der Waals surface area contributed by atoms with E-state index in [9.17, 15) is 49.8 Å². The molecule has 2 aromatic carbocycles. The second-order valence-corrected chi connectivity index (χ2v) is 11.8. The molecule has 0 atom stereocenters. The number of fused-ring (bicyclic) bond motifs is 1. The smallest absolute Gasteiger partial charge is 0.490 e. The molecule has 1 amide bonds. The van der Waals surface area contributed by atoms with Gasteiger partial charge in [-0.3, -0.25) is 9.59 Å². The Balaban J connectivity index is 0.000000587. The highest BCUT2D eigenvalue weighted by Crippen LogP contribution is 2.25. The summed E-state index contributed by atoms with van der Waals surface area (Å²) >= 11 is 0. The lowest BCUT2D eigenvalue weighted by molar-refractivity contribution is -0.193. The molecule has 0 aliphatic heterocycles. The molecule has 1 aliphatic carbocycles. The predicted octanol–water partition coefficient (Wildman–Crippen LogP) is 5.29. The fourth-order valence-electron chi connectivity index (χ4n) is 5.39. The van der Waals surface area contributed by atoms with Crippen LogP contribution in [0.25, 0.3) is 10.9 Å². The summed E-state index contributed by atoms with van der Waals surface area (Å²) in [7, 11) is 0. The van der Waals surface area contributed by atoms with Gasteiger partial charge in [-0.05, 0) is 80.2 Å². The van der Waals surface area contributed by atoms with Gasteiger partial charge in [-0.15, -0.1) is 0 Å². The molecule has 0 radical (unpaired) electrons. The van der Waals surface area contributed by atoms with Crippen LogP contribution in [-0.2, 0) is 27.2 Å². The molecule has 1 aromatic heterocycles. The van der Waals surface area contributed by atoms with Crippen LogP contribution in [0.1, 0.15) is 49.7 Å². The van der Waals surface area contributed by atoms with Gasteiger partial charge in [0, 0.05) is 43.5 Å². The molecule has 19 heteroatoms. The number of nitrogens with one attached hydrogen (secondary N) is 3. The van der Waals surface area contributed by atoms with Crippen molar-refractivity contribution in [3.05, 3.63) is 75.6 Å². The summed E-state index contributed by atoms with van der Waals surface area (Å²) in [4.78, 5) is 47.3. The highest BCUT2D eigenvalue weighted by molar-refractivity contribution is 5.87. The lowest BCUT2D eigenvalue weighted by Crippen LogP contribution is -2.45. The molecule has 1 aliphatic rings. The number of carboxylic acid groups (broad SMARTS) is 2. The lowest BCUT2D eigenvalue weighted by Gasteiger charge is -2.34. The van der Waals surface area contributed by atoms with Crippen LogP contribution in [0.2, 0.25) is 0 Å². The van der Waals surface area contributed by atoms with E-state index in [-0.39, 0.29) is 23.3 Å². The molecule has 0 saturated heterocycles. The second kappa shape index (κ2) is 21.1. The van der Waals surface area contributed by atoms with Crippen molar-refractivity contribution in [1.29, 1.82) is 0 Å². The number of nitrogens with zero attached hydrogens (tertiary/aromatic N) is 1. The summed E-state index contributed by atoms with van der Waals surface area (Å²) in [5, 5.41) is 31.8. The van der Waals surface area contributed by atoms with Crippen LogP contribution in [0.15, 0.2) is 47.3 Å². The normalized spacial score (nSPS) is 13.4. The first kappa shape index (κ1) is 44.4. The summed E-state index contributed by atoms with van der Waals surface area (Å²) in [5.41, 5.74) is 1.55. The van der Waals surface area contributed by atoms with E-state index in [1.807, 2.05) is 11.0 Å². The van der Waals surface area contributed by atoms with Gasteiger partial charge in [0.2, 0.25) is 11.5 Å². The van der Waals surface area contributed by atoms with Crippen molar-refractivity contribution >= 4 is 28.7 Å². The molecule has 294 valence electrons. The first-order chi connectivity index (χ1) is 24.8. The molecule has 1 heterocycles. The zero-order chi connectivity index (χ0) is 39.8. The summed E-state index contributed by atoms with van der Waals surface area (Å²) in [6, 6.07) is 10.4. The van der Waals surface area contributed by atoms with Gasteiger partial charge in [0.1, 0.15) is 17.4 Å². The molecular weight excluding hydrogens is 728 g/mol. The van der Waals surface area contributed by atoms with Crippen molar-refractivity contribution in [2.45, 2.75) is 69.8 Å². The Morgan fingerprint density at radius 2 is 1.34 bits per heavy atom. The maximum absolute atomic E-state index is 13.8. The summed E-state index contributed by atoms with van der Waals surface area (Å²) in [6.45, 7) is 2.95. The highest BCUT2D eigenvalue weighted by Gasteiger charge is 2.39. The molecule has 1 saturated carbocycles. The van der Waals surface area contributed by atoms with Crippen LogP contribution in [0, 0.1) is 11.6 Å². The minimum atomic E-state index is -5.08. The van der Waals surface area contributed by atoms with E-state index >= 15 is 0 Å². The molecule has 6 N–H and O–H groups in total. The molecule has 1 fully saturated rings. The number of carboxylic acids is 2. The number of phenols is 1. The third-order valence-corrected chi connectivity index (χ3v) is 7.98. The summed E-state index contributed by atoms with van der Waals surface area (Å²) in [5.74, 6) is -6.22. The number of aromatic nitrogens is 1. The number of pyridine rings is 1. The number of H-pyrrole nitrogens is 1. The summed E-state index contributed by atoms with van der Waals surface area (Å²) in [6.07, 6.45) is -3.20. The number of alkyl halides is 6. The van der Waals surface area contributed by atoms with Crippen molar-refractivity contribution in [2.75, 3.05) is 32.7 Å². The number of aliphatic carboxylic acids is 2. The van der Waals surface area contributed by atoms with Gasteiger partial charge in [-0.2, -0.15) is 26.3 Å². The maximum atomic E-state index is 13.8. The van der Waals surface area contributed by atoms with Gasteiger partial charge in [0.05, 0.1) is 5.52 Å². The first-order valence-corrected chi connectivity index (χ1v) is 16.4. The van der Waals surface area contributed by atoms with E-state index in [1.165, 1.54) is 18.6 Å². The van der Waals surface area contributed by atoms with Crippen molar-refractivity contribution in [1.82, 2.24) is 20.5 Å². The number of phenolic OH excluding ortho intramolecular Hbond substituents is 1. The number of halogens is 8. The number of carbonyl (C=O) groups is 3. The molecular formula is C34H40F8N4O7. The van der Waals surface area contributed by atoms with E-state index in [0.717, 1.165) is 55.2 Å². The molecule has 53 heavy (non-hydrogen) atoms. The van der Waals surface area contributed by atoms with Crippen LogP contribution in [0.3, 0.4) is 0 Å². The first-order valence-electron chi connectivity index (χ1n) is 16.4. The largest absolute Gasteiger partial charge is 0.506 e. The van der Waals surface area contributed by atoms with Gasteiger partial charge in [0.15, 0.2) is 0 Å². The van der Waals surface area contributed by atoms with Crippen molar-refractivity contribution in [3.63, 3.8) is 0 Å². The van der Waals surface area contributed by atoms with E-state index in [4.69, 9.17) is 19.8 Å². The van der Waals surface area contributed by atoms with E-state index < -0.39 is 35.9 Å². The van der Waals surface area contributed by atoms with E-state index in [1.54, 1.807) is 12.1 Å². The van der Waals surface area contributed by atoms with Gasteiger partial charge in [0.25, 0.3) is 0 Å². The monoisotopic (exact) mass is 768 g/mol. The van der Waals surface area contributed by atoms with Gasteiger partial charge in [-0.1, -0.05) is 25.3 Å². The van der Waals surface area contributed by atoms with Crippen LogP contribution in [0.5, 0.6) is 5.75 Å². The Kier molecular flexibility index (Phi) is 17.6. The molecule has 0 spiro atoms. The number of hydrogen-bond acceptors (Lipinski definition) is 7. The molecule has 0 bridgehead atoms. The number of aromatic hydroxyl groups is 1. The molecule has 11 nitrogen and oxygen atoms in total. The van der Waals surface area contributed by atoms with Gasteiger partial charge >= 0.3 is 24.3 Å². The second-order valence-electron chi connectivity index (χ2n) is 11.8. The Labute approximate surface area is 298 Å². The standard InChI is InChI=1S/C30H38F2N4O3.2C2HF3O2/c31-23-7-9-26(32)22(20-23)13-16-33-17-14-29(39)36(24-4-2-1-3-5-24)19-18-34-15-12-21-6-10-27(37)30-25(21)8-11-28(38)35-30;2*3-2(4,5)1(6)7/h6-11,20,24,33-34,37H,1-5,12-19H2,(H,35,38);2*(H,6,7). The minimum Gasteiger partial charge on any atom is -0.506 e. The van der Waals surface area contributed by atoms with Crippen LogP contribution in [0.4, 0.5) is 35.1 Å². The number of amides is 1. The number of carbonyl (C=O) groups excluding carboxylic acids is 1. The van der Waals surface area contributed by atoms with Crippen molar-refractivity contribution < 1.29 is 64.8 Å². The molecule has 4 rings (SSSR count). The van der Waals surface area contributed by atoms with Crippen molar-refractivity contribution in [2.24, 2.45) is 0 Å². The predicted molar refractivity (Wildman–Crippen MR) is 176 cm³/mol. The van der Waals surface area contributed by atoms with Crippen LogP contribution < -0.4 is 16.2 Å². The number of hydrogen-bond donors (Lipinski definition) is 6. The zero-order valence-corrected chi connectivity index (χ0v) is 28.3. The lowest BCUT2D eigenvalue weighted by atomic mass is 9.94. The molecule has 0 unspecified atom stereocenters. The van der Waals surface area contributed by atoms with Crippen LogP contribution >= 0.6 is 0 Å². The van der Waals surface area contributed by atoms with Gasteiger partial charge < -0.3 is 35.8 Å². The SMILES string of the molecule is O=C(CCNCCc1cc(F)ccc1F)N(CCNCCc1ccc(O)c2[nH]c(=O)ccc12)C1CCCCC1.O=C(O)C(F)(F)F.O=C(O)C(F)(F)F. The Hall–Kier alpha value is -4.78.